The van der Waals surface area contributed by atoms with Crippen molar-refractivity contribution in [2.24, 2.45) is 0 Å². The first-order chi connectivity index (χ1) is 17.1. The van der Waals surface area contributed by atoms with E-state index in [1.807, 2.05) is 0 Å². The molecule has 0 fully saturated rings. The van der Waals surface area contributed by atoms with E-state index in [0.717, 1.165) is 11.8 Å². The van der Waals surface area contributed by atoms with Crippen LogP contribution in [0.15, 0.2) is 78.1 Å². The number of hydrogen-bond acceptors (Lipinski definition) is 4. The SMILES string of the molecule is O=C(CSc1ncc(-c2ccc(Cl)c(Cl)c2)n1-c1ccc(OC(F)(F)F)cc1)Nc1ccc(Cl)cc1. The Bertz CT molecular complexity index is 1380. The van der Waals surface area contributed by atoms with Crippen molar-refractivity contribution in [3.8, 4) is 22.7 Å². The number of rotatable bonds is 7. The second kappa shape index (κ2) is 11.0. The summed E-state index contributed by atoms with van der Waals surface area (Å²) in [6.07, 6.45) is -3.22. The average Bonchev–Trinajstić information content (AvgIpc) is 3.24. The van der Waals surface area contributed by atoms with Gasteiger partial charge < -0.3 is 10.1 Å². The number of carbonyl (C=O) groups is 1. The molecule has 12 heteroatoms. The monoisotopic (exact) mass is 571 g/mol. The van der Waals surface area contributed by atoms with E-state index in [2.05, 4.69) is 15.0 Å². The molecule has 0 atom stereocenters. The fourth-order valence-corrected chi connectivity index (χ4v) is 4.42. The zero-order chi connectivity index (χ0) is 25.9. The van der Waals surface area contributed by atoms with Gasteiger partial charge in [-0.1, -0.05) is 52.6 Å². The number of alkyl halides is 3. The van der Waals surface area contributed by atoms with Gasteiger partial charge >= 0.3 is 6.36 Å². The highest BCUT2D eigenvalue weighted by Gasteiger charge is 2.31. The summed E-state index contributed by atoms with van der Waals surface area (Å²) in [7, 11) is 0. The van der Waals surface area contributed by atoms with Crippen molar-refractivity contribution in [2.75, 3.05) is 11.1 Å². The Kier molecular flexibility index (Phi) is 8.04. The molecule has 1 N–H and O–H groups in total. The zero-order valence-corrected chi connectivity index (χ0v) is 21.1. The number of hydrogen-bond donors (Lipinski definition) is 1. The van der Waals surface area contributed by atoms with Crippen LogP contribution in [0.1, 0.15) is 0 Å². The third-order valence-electron chi connectivity index (χ3n) is 4.73. The molecule has 4 rings (SSSR count). The minimum Gasteiger partial charge on any atom is -0.406 e. The zero-order valence-electron chi connectivity index (χ0n) is 18.0. The first-order valence-corrected chi connectivity index (χ1v) is 12.3. The predicted molar refractivity (Wildman–Crippen MR) is 137 cm³/mol. The molecule has 1 heterocycles. The van der Waals surface area contributed by atoms with Crippen LogP contribution in [0.25, 0.3) is 16.9 Å². The van der Waals surface area contributed by atoms with Crippen molar-refractivity contribution in [3.05, 3.63) is 88.0 Å². The van der Waals surface area contributed by atoms with E-state index in [1.54, 1.807) is 53.2 Å². The number of nitrogens with zero attached hydrogens (tertiary/aromatic N) is 2. The number of ether oxygens (including phenoxy) is 1. The van der Waals surface area contributed by atoms with Gasteiger partial charge in [-0.3, -0.25) is 9.36 Å². The molecule has 0 aliphatic carbocycles. The molecule has 4 aromatic rings. The van der Waals surface area contributed by atoms with E-state index in [0.29, 0.717) is 42.9 Å². The van der Waals surface area contributed by atoms with E-state index in [4.69, 9.17) is 34.8 Å². The van der Waals surface area contributed by atoms with Crippen molar-refractivity contribution in [2.45, 2.75) is 11.5 Å². The number of carbonyl (C=O) groups excluding carboxylic acids is 1. The number of aromatic nitrogens is 2. The molecule has 0 aliphatic rings. The van der Waals surface area contributed by atoms with Gasteiger partial charge in [0.25, 0.3) is 0 Å². The van der Waals surface area contributed by atoms with Crippen LogP contribution in [0.4, 0.5) is 18.9 Å². The number of anilines is 1. The Morgan fingerprint density at radius 2 is 1.67 bits per heavy atom. The van der Waals surface area contributed by atoms with Crippen LogP contribution < -0.4 is 10.1 Å². The highest BCUT2D eigenvalue weighted by Crippen LogP contribution is 2.34. The molecule has 1 aromatic heterocycles. The lowest BCUT2D eigenvalue weighted by Crippen LogP contribution is -2.17. The third-order valence-corrected chi connectivity index (χ3v) is 6.68. The molecule has 0 spiro atoms. The molecule has 0 saturated carbocycles. The Morgan fingerprint density at radius 3 is 2.31 bits per heavy atom. The highest BCUT2D eigenvalue weighted by atomic mass is 35.5. The molecule has 0 aliphatic heterocycles. The fraction of sp³-hybridized carbons (Fsp3) is 0.0833. The Balaban J connectivity index is 1.62. The maximum absolute atomic E-state index is 12.6. The summed E-state index contributed by atoms with van der Waals surface area (Å²) in [5.41, 5.74) is 2.36. The number of amides is 1. The van der Waals surface area contributed by atoms with Gasteiger partial charge in [-0.05, 0) is 60.7 Å². The van der Waals surface area contributed by atoms with Crippen LogP contribution in [0, 0.1) is 0 Å². The minimum atomic E-state index is -4.81. The molecule has 3 aromatic carbocycles. The molecular formula is C24H15Cl3F3N3O2S. The normalized spacial score (nSPS) is 11.4. The molecule has 5 nitrogen and oxygen atoms in total. The summed E-state index contributed by atoms with van der Waals surface area (Å²) < 4.78 is 43.4. The van der Waals surface area contributed by atoms with Gasteiger partial charge in [0.2, 0.25) is 5.91 Å². The van der Waals surface area contributed by atoms with Crippen LogP contribution in [0.3, 0.4) is 0 Å². The van der Waals surface area contributed by atoms with Crippen LogP contribution in [0.5, 0.6) is 5.75 Å². The largest absolute Gasteiger partial charge is 0.573 e. The second-order valence-corrected chi connectivity index (χ2v) is 9.47. The van der Waals surface area contributed by atoms with E-state index in [9.17, 15) is 18.0 Å². The van der Waals surface area contributed by atoms with E-state index in [1.165, 1.54) is 24.3 Å². The molecule has 0 saturated heterocycles. The van der Waals surface area contributed by atoms with E-state index < -0.39 is 6.36 Å². The first kappa shape index (κ1) is 26.2. The molecule has 0 bridgehead atoms. The summed E-state index contributed by atoms with van der Waals surface area (Å²) in [5, 5.41) is 4.45. The smallest absolute Gasteiger partial charge is 0.406 e. The number of nitrogens with one attached hydrogen (secondary N) is 1. The van der Waals surface area contributed by atoms with Crippen molar-refractivity contribution < 1.29 is 22.7 Å². The van der Waals surface area contributed by atoms with Gasteiger partial charge in [-0.2, -0.15) is 0 Å². The van der Waals surface area contributed by atoms with Crippen LogP contribution in [0.2, 0.25) is 15.1 Å². The van der Waals surface area contributed by atoms with Gasteiger partial charge in [0.1, 0.15) is 5.75 Å². The summed E-state index contributed by atoms with van der Waals surface area (Å²) in [5.74, 6) is -0.615. The molecule has 0 unspecified atom stereocenters. The summed E-state index contributed by atoms with van der Waals surface area (Å²) in [6.45, 7) is 0. The van der Waals surface area contributed by atoms with Gasteiger partial charge in [0.05, 0.1) is 27.7 Å². The topological polar surface area (TPSA) is 56.2 Å². The molecule has 186 valence electrons. The Hall–Kier alpha value is -2.85. The average molecular weight is 573 g/mol. The van der Waals surface area contributed by atoms with E-state index in [-0.39, 0.29) is 17.4 Å². The maximum Gasteiger partial charge on any atom is 0.573 e. The first-order valence-electron chi connectivity index (χ1n) is 10.2. The maximum atomic E-state index is 12.6. The van der Waals surface area contributed by atoms with Crippen LogP contribution >= 0.6 is 46.6 Å². The van der Waals surface area contributed by atoms with Gasteiger partial charge in [-0.25, -0.2) is 4.98 Å². The number of halogens is 6. The highest BCUT2D eigenvalue weighted by molar-refractivity contribution is 7.99. The van der Waals surface area contributed by atoms with Crippen molar-refractivity contribution in [3.63, 3.8) is 0 Å². The number of benzene rings is 3. The quantitative estimate of drug-likeness (QED) is 0.227. The summed E-state index contributed by atoms with van der Waals surface area (Å²) in [6, 6.07) is 17.0. The molecule has 1 amide bonds. The Morgan fingerprint density at radius 1 is 0.972 bits per heavy atom. The summed E-state index contributed by atoms with van der Waals surface area (Å²) in [4.78, 5) is 16.9. The van der Waals surface area contributed by atoms with Gasteiger partial charge in [0.15, 0.2) is 5.16 Å². The Labute approximate surface area is 223 Å². The number of thioether (sulfide) groups is 1. The lowest BCUT2D eigenvalue weighted by atomic mass is 10.1. The van der Waals surface area contributed by atoms with E-state index >= 15 is 0 Å². The summed E-state index contributed by atoms with van der Waals surface area (Å²) >= 11 is 19.3. The molecule has 0 radical (unpaired) electrons. The second-order valence-electron chi connectivity index (χ2n) is 7.28. The number of imidazole rings is 1. The lowest BCUT2D eigenvalue weighted by Gasteiger charge is -2.14. The van der Waals surface area contributed by atoms with Crippen molar-refractivity contribution >= 4 is 58.2 Å². The lowest BCUT2D eigenvalue weighted by molar-refractivity contribution is -0.274. The fourth-order valence-electron chi connectivity index (χ4n) is 3.20. The third kappa shape index (κ3) is 6.67. The van der Waals surface area contributed by atoms with Crippen molar-refractivity contribution in [1.82, 2.24) is 9.55 Å². The van der Waals surface area contributed by atoms with Gasteiger partial charge in [-0.15, -0.1) is 13.2 Å². The minimum absolute atomic E-state index is 0.0235. The predicted octanol–water partition coefficient (Wildman–Crippen LogP) is 8.13. The molecular weight excluding hydrogens is 558 g/mol. The van der Waals surface area contributed by atoms with Gasteiger partial charge in [0, 0.05) is 22.0 Å². The molecule has 36 heavy (non-hydrogen) atoms. The standard InChI is InChI=1S/C24H15Cl3F3N3O2S/c25-15-2-4-16(5-3-15)32-22(34)13-36-23-31-12-21(14-1-10-19(26)20(27)11-14)33(23)17-6-8-18(9-7-17)35-24(28,29)30/h1-12H,13H2,(H,32,34). The van der Waals surface area contributed by atoms with Crippen LogP contribution in [-0.2, 0) is 4.79 Å². The van der Waals surface area contributed by atoms with Crippen LogP contribution in [-0.4, -0.2) is 27.6 Å². The van der Waals surface area contributed by atoms with Crippen molar-refractivity contribution in [1.29, 1.82) is 0 Å².